The highest BCUT2D eigenvalue weighted by Crippen LogP contribution is 1.97. The smallest absolute Gasteiger partial charge is 0.408 e. The van der Waals surface area contributed by atoms with Crippen LogP contribution in [-0.4, -0.2) is 55.0 Å². The van der Waals surface area contributed by atoms with E-state index in [1.807, 2.05) is 6.26 Å². The highest BCUT2D eigenvalue weighted by molar-refractivity contribution is 7.98. The molecular formula is C10H19NO5S. The minimum absolute atomic E-state index is 0.0440. The molecule has 0 aromatic heterocycles. The fraction of sp³-hybridized carbons (Fsp3) is 0.800. The first-order valence-corrected chi connectivity index (χ1v) is 6.72. The Labute approximate surface area is 105 Å². The van der Waals surface area contributed by atoms with Gasteiger partial charge in [0.05, 0.1) is 6.61 Å². The van der Waals surface area contributed by atoms with Crippen LogP contribution < -0.4 is 5.32 Å². The molecule has 0 aliphatic rings. The third kappa shape index (κ3) is 8.82. The van der Waals surface area contributed by atoms with E-state index in [1.54, 1.807) is 11.8 Å². The van der Waals surface area contributed by atoms with Crippen molar-refractivity contribution in [2.75, 3.05) is 31.8 Å². The zero-order chi connectivity index (χ0) is 13.1. The second kappa shape index (κ2) is 10.2. The van der Waals surface area contributed by atoms with E-state index in [0.717, 1.165) is 5.75 Å². The van der Waals surface area contributed by atoms with E-state index in [1.165, 1.54) is 6.92 Å². The van der Waals surface area contributed by atoms with Crippen LogP contribution in [0.2, 0.25) is 0 Å². The summed E-state index contributed by atoms with van der Waals surface area (Å²) in [6.07, 6.45) is 0.723. The molecule has 0 saturated heterocycles. The summed E-state index contributed by atoms with van der Waals surface area (Å²) >= 11 is 1.60. The summed E-state index contributed by atoms with van der Waals surface area (Å²) in [6.45, 7) is 2.01. The van der Waals surface area contributed by atoms with Gasteiger partial charge >= 0.3 is 12.1 Å². The van der Waals surface area contributed by atoms with Crippen LogP contribution in [0.4, 0.5) is 4.79 Å². The Hall–Kier alpha value is -0.950. The molecule has 0 aliphatic heterocycles. The Morgan fingerprint density at radius 1 is 1.47 bits per heavy atom. The Morgan fingerprint density at radius 2 is 2.18 bits per heavy atom. The minimum atomic E-state index is -0.942. The zero-order valence-corrected chi connectivity index (χ0v) is 10.9. The number of carbonyl (C=O) groups is 2. The van der Waals surface area contributed by atoms with Gasteiger partial charge in [0.25, 0.3) is 0 Å². The molecule has 0 radical (unpaired) electrons. The van der Waals surface area contributed by atoms with E-state index in [4.69, 9.17) is 14.6 Å². The van der Waals surface area contributed by atoms with Crippen molar-refractivity contribution in [1.29, 1.82) is 0 Å². The molecule has 6 nitrogen and oxygen atoms in total. The predicted octanol–water partition coefficient (Wildman–Crippen LogP) is 0.390. The molecule has 0 fully saturated rings. The molecule has 0 aromatic rings. The van der Waals surface area contributed by atoms with Crippen molar-refractivity contribution in [3.63, 3.8) is 0 Å². The summed E-state index contributed by atoms with van der Waals surface area (Å²) in [6, 6.07) is 0. The normalized spacial score (nSPS) is 11.7. The van der Waals surface area contributed by atoms with E-state index in [2.05, 4.69) is 5.32 Å². The average molecular weight is 265 g/mol. The number of rotatable bonds is 8. The van der Waals surface area contributed by atoms with Crippen molar-refractivity contribution in [2.24, 2.45) is 0 Å². The van der Waals surface area contributed by atoms with Gasteiger partial charge in [0.1, 0.15) is 0 Å². The van der Waals surface area contributed by atoms with Gasteiger partial charge in [-0.05, 0) is 13.2 Å². The highest BCUT2D eigenvalue weighted by atomic mass is 32.2. The Morgan fingerprint density at radius 3 is 2.76 bits per heavy atom. The highest BCUT2D eigenvalue weighted by Gasteiger charge is 2.18. The van der Waals surface area contributed by atoms with Crippen LogP contribution in [-0.2, 0) is 14.3 Å². The third-order valence-electron chi connectivity index (χ3n) is 1.74. The Bertz CT molecular complexity index is 237. The van der Waals surface area contributed by atoms with Crippen molar-refractivity contribution < 1.29 is 24.2 Å². The van der Waals surface area contributed by atoms with Crippen LogP contribution in [0.15, 0.2) is 0 Å². The number of esters is 1. The van der Waals surface area contributed by atoms with Crippen molar-refractivity contribution in [3.8, 4) is 0 Å². The maximum Gasteiger partial charge on any atom is 0.408 e. The lowest BCUT2D eigenvalue weighted by Crippen LogP contribution is -2.33. The van der Waals surface area contributed by atoms with Crippen molar-refractivity contribution >= 4 is 23.8 Å². The van der Waals surface area contributed by atoms with Gasteiger partial charge in [0, 0.05) is 25.3 Å². The first-order valence-electron chi connectivity index (χ1n) is 5.32. The predicted molar refractivity (Wildman–Crippen MR) is 65.0 cm³/mol. The maximum atomic E-state index is 11.3. The van der Waals surface area contributed by atoms with Crippen LogP contribution >= 0.6 is 11.8 Å². The molecule has 2 N–H and O–H groups in total. The fourth-order valence-electron chi connectivity index (χ4n) is 0.860. The SMILES string of the molecule is CSCCNC(=O)OC(C)C(=O)OCCCO. The molecule has 0 aromatic carbocycles. The number of thioether (sulfide) groups is 1. The summed E-state index contributed by atoms with van der Waals surface area (Å²) in [5.74, 6) is 0.170. The maximum absolute atomic E-state index is 11.3. The summed E-state index contributed by atoms with van der Waals surface area (Å²) in [5.41, 5.74) is 0. The molecule has 0 aliphatic carbocycles. The van der Waals surface area contributed by atoms with E-state index in [9.17, 15) is 9.59 Å². The molecule has 0 spiro atoms. The van der Waals surface area contributed by atoms with E-state index < -0.39 is 18.2 Å². The van der Waals surface area contributed by atoms with Gasteiger partial charge in [-0.2, -0.15) is 11.8 Å². The Kier molecular flexibility index (Phi) is 9.65. The van der Waals surface area contributed by atoms with Gasteiger partial charge < -0.3 is 19.9 Å². The molecule has 1 amide bonds. The van der Waals surface area contributed by atoms with Gasteiger partial charge in [-0.1, -0.05) is 0 Å². The van der Waals surface area contributed by atoms with E-state index in [0.29, 0.717) is 13.0 Å². The third-order valence-corrected chi connectivity index (χ3v) is 2.35. The van der Waals surface area contributed by atoms with Crippen molar-refractivity contribution in [1.82, 2.24) is 5.32 Å². The molecule has 1 unspecified atom stereocenters. The molecule has 0 bridgehead atoms. The summed E-state index contributed by atoms with van der Waals surface area (Å²) in [5, 5.41) is 11.0. The van der Waals surface area contributed by atoms with Crippen LogP contribution in [0.1, 0.15) is 13.3 Å². The van der Waals surface area contributed by atoms with Gasteiger partial charge in [0.2, 0.25) is 0 Å². The monoisotopic (exact) mass is 265 g/mol. The van der Waals surface area contributed by atoms with Gasteiger partial charge in [-0.3, -0.25) is 0 Å². The number of carbonyl (C=O) groups excluding carboxylic acids is 2. The molecule has 100 valence electrons. The minimum Gasteiger partial charge on any atom is -0.463 e. The lowest BCUT2D eigenvalue weighted by atomic mass is 10.4. The standard InChI is InChI=1S/C10H19NO5S/c1-8(9(13)15-6-3-5-12)16-10(14)11-4-7-17-2/h8,12H,3-7H2,1-2H3,(H,11,14). The van der Waals surface area contributed by atoms with Crippen LogP contribution in [0.5, 0.6) is 0 Å². The number of aliphatic hydroxyl groups is 1. The number of alkyl carbamates (subject to hydrolysis) is 1. The van der Waals surface area contributed by atoms with E-state index in [-0.39, 0.29) is 13.2 Å². The second-order valence-corrected chi connectivity index (χ2v) is 4.20. The molecule has 1 atom stereocenters. The van der Waals surface area contributed by atoms with Gasteiger partial charge in [-0.15, -0.1) is 0 Å². The number of hydrogen-bond acceptors (Lipinski definition) is 6. The van der Waals surface area contributed by atoms with Crippen LogP contribution in [0.25, 0.3) is 0 Å². The van der Waals surface area contributed by atoms with Gasteiger partial charge in [-0.25, -0.2) is 9.59 Å². The summed E-state index contributed by atoms with van der Waals surface area (Å²) in [7, 11) is 0. The average Bonchev–Trinajstić information content (AvgIpc) is 2.29. The van der Waals surface area contributed by atoms with Crippen LogP contribution in [0, 0.1) is 0 Å². The van der Waals surface area contributed by atoms with E-state index >= 15 is 0 Å². The number of ether oxygens (including phenoxy) is 2. The molecule has 17 heavy (non-hydrogen) atoms. The topological polar surface area (TPSA) is 84.9 Å². The molecule has 7 heteroatoms. The second-order valence-electron chi connectivity index (χ2n) is 3.21. The summed E-state index contributed by atoms with van der Waals surface area (Å²) < 4.78 is 9.56. The van der Waals surface area contributed by atoms with Crippen molar-refractivity contribution in [3.05, 3.63) is 0 Å². The van der Waals surface area contributed by atoms with Gasteiger partial charge in [0.15, 0.2) is 6.10 Å². The molecule has 0 rings (SSSR count). The fourth-order valence-corrected chi connectivity index (χ4v) is 1.17. The Balaban J connectivity index is 3.71. The number of hydrogen-bond donors (Lipinski definition) is 2. The quantitative estimate of drug-likeness (QED) is 0.488. The van der Waals surface area contributed by atoms with Crippen LogP contribution in [0.3, 0.4) is 0 Å². The molecule has 0 saturated carbocycles. The zero-order valence-electron chi connectivity index (χ0n) is 10.1. The summed E-state index contributed by atoms with van der Waals surface area (Å²) in [4.78, 5) is 22.4. The largest absolute Gasteiger partial charge is 0.463 e. The molecule has 0 heterocycles. The number of aliphatic hydroxyl groups excluding tert-OH is 1. The molecular weight excluding hydrogens is 246 g/mol. The lowest BCUT2D eigenvalue weighted by molar-refractivity contribution is -0.152. The number of amides is 1. The first kappa shape index (κ1) is 16.1. The lowest BCUT2D eigenvalue weighted by Gasteiger charge is -2.12. The number of nitrogens with one attached hydrogen (secondary N) is 1. The first-order chi connectivity index (χ1) is 8.11. The van der Waals surface area contributed by atoms with Crippen molar-refractivity contribution in [2.45, 2.75) is 19.4 Å².